The van der Waals surface area contributed by atoms with Gasteiger partial charge in [-0.3, -0.25) is 4.79 Å². The molecule has 1 amide bonds. The van der Waals surface area contributed by atoms with E-state index >= 15 is 0 Å². The number of carbonyl (C=O) groups excluding carboxylic acids is 1. The van der Waals surface area contributed by atoms with Gasteiger partial charge in [0.2, 0.25) is 0 Å². The Balaban J connectivity index is 2.23. The van der Waals surface area contributed by atoms with Crippen LogP contribution in [-0.4, -0.2) is 17.1 Å². The maximum atomic E-state index is 12.1. The van der Waals surface area contributed by atoms with Gasteiger partial charge >= 0.3 is 0 Å². The van der Waals surface area contributed by atoms with E-state index in [0.29, 0.717) is 10.0 Å². The van der Waals surface area contributed by atoms with Crippen molar-refractivity contribution in [1.82, 2.24) is 4.98 Å². The van der Waals surface area contributed by atoms with Gasteiger partial charge in [0.1, 0.15) is 5.15 Å². The van der Waals surface area contributed by atoms with Crippen LogP contribution in [0.5, 0.6) is 0 Å². The summed E-state index contributed by atoms with van der Waals surface area (Å²) >= 11 is 10.8. The normalized spacial score (nSPS) is 10.3. The number of halogens is 2. The predicted octanol–water partition coefficient (Wildman–Crippen LogP) is 4.47. The summed E-state index contributed by atoms with van der Waals surface area (Å²) in [7, 11) is 0. The van der Waals surface area contributed by atoms with E-state index in [2.05, 4.69) is 26.2 Å². The maximum absolute atomic E-state index is 12.1. The highest BCUT2D eigenvalue weighted by molar-refractivity contribution is 9.10. The van der Waals surface area contributed by atoms with Gasteiger partial charge in [-0.15, -0.1) is 11.8 Å². The van der Waals surface area contributed by atoms with Crippen LogP contribution in [0.4, 0.5) is 5.69 Å². The van der Waals surface area contributed by atoms with Gasteiger partial charge in [-0.25, -0.2) is 4.98 Å². The van der Waals surface area contributed by atoms with Gasteiger partial charge in [0.15, 0.2) is 0 Å². The molecule has 0 aliphatic carbocycles. The zero-order valence-electron chi connectivity index (χ0n) is 9.98. The number of amides is 1. The molecule has 3 nitrogen and oxygen atoms in total. The molecule has 2 aromatic rings. The molecule has 6 heteroatoms. The number of thioether (sulfide) groups is 1. The molecule has 1 heterocycles. The number of hydrogen-bond acceptors (Lipinski definition) is 3. The molecule has 19 heavy (non-hydrogen) atoms. The summed E-state index contributed by atoms with van der Waals surface area (Å²) in [6.07, 6.45) is 3.53. The Morgan fingerprint density at radius 3 is 2.95 bits per heavy atom. The van der Waals surface area contributed by atoms with E-state index in [-0.39, 0.29) is 11.1 Å². The smallest absolute Gasteiger partial charge is 0.258 e. The molecule has 0 atom stereocenters. The zero-order chi connectivity index (χ0) is 13.8. The monoisotopic (exact) mass is 356 g/mol. The highest BCUT2D eigenvalue weighted by Gasteiger charge is 2.12. The number of nitrogens with one attached hydrogen (secondary N) is 1. The van der Waals surface area contributed by atoms with Crippen LogP contribution in [0.1, 0.15) is 10.4 Å². The Morgan fingerprint density at radius 1 is 1.42 bits per heavy atom. The molecule has 0 bridgehead atoms. The van der Waals surface area contributed by atoms with Crippen molar-refractivity contribution in [3.05, 3.63) is 51.7 Å². The topological polar surface area (TPSA) is 42.0 Å². The summed E-state index contributed by atoms with van der Waals surface area (Å²) in [5, 5.41) is 2.99. The van der Waals surface area contributed by atoms with Crippen molar-refractivity contribution in [3.8, 4) is 0 Å². The summed E-state index contributed by atoms with van der Waals surface area (Å²) in [6.45, 7) is 0. The third kappa shape index (κ3) is 3.72. The molecule has 0 saturated heterocycles. The first-order valence-electron chi connectivity index (χ1n) is 5.36. The van der Waals surface area contributed by atoms with Crippen molar-refractivity contribution in [3.63, 3.8) is 0 Å². The number of aromatic nitrogens is 1. The second kappa shape index (κ2) is 6.41. The van der Waals surface area contributed by atoms with E-state index in [1.54, 1.807) is 24.0 Å². The predicted molar refractivity (Wildman–Crippen MR) is 83.1 cm³/mol. The van der Waals surface area contributed by atoms with Crippen molar-refractivity contribution >= 4 is 50.9 Å². The Bertz CT molecular complexity index is 621. The SMILES string of the molecule is CSc1cccc(NC(=O)c2cc(Br)cnc2Cl)c1. The Hall–Kier alpha value is -1.04. The molecule has 98 valence electrons. The summed E-state index contributed by atoms with van der Waals surface area (Å²) in [5.74, 6) is -0.281. The standard InChI is InChI=1S/C13H10BrClN2OS/c1-19-10-4-2-3-9(6-10)17-13(18)11-5-8(14)7-16-12(11)15/h2-7H,1H3,(H,17,18). The molecule has 1 N–H and O–H groups in total. The van der Waals surface area contributed by atoms with Crippen LogP contribution in [0.15, 0.2) is 45.9 Å². The minimum Gasteiger partial charge on any atom is -0.322 e. The fourth-order valence-electron chi connectivity index (χ4n) is 1.48. The van der Waals surface area contributed by atoms with Crippen LogP contribution in [-0.2, 0) is 0 Å². The fraction of sp³-hybridized carbons (Fsp3) is 0.0769. The quantitative estimate of drug-likeness (QED) is 0.651. The molecule has 0 unspecified atom stereocenters. The van der Waals surface area contributed by atoms with Crippen LogP contribution in [0.3, 0.4) is 0 Å². The van der Waals surface area contributed by atoms with Gasteiger partial charge < -0.3 is 5.32 Å². The minimum atomic E-state index is -0.281. The van der Waals surface area contributed by atoms with E-state index in [0.717, 1.165) is 10.6 Å². The minimum absolute atomic E-state index is 0.182. The number of carbonyl (C=O) groups is 1. The third-order valence-electron chi connectivity index (χ3n) is 2.38. The summed E-state index contributed by atoms with van der Waals surface area (Å²) in [5.41, 5.74) is 1.07. The van der Waals surface area contributed by atoms with Crippen molar-refractivity contribution in [2.24, 2.45) is 0 Å². The Kier molecular flexibility index (Phi) is 4.85. The second-order valence-corrected chi connectivity index (χ2v) is 5.83. The Labute approximate surface area is 128 Å². The van der Waals surface area contributed by atoms with E-state index in [1.807, 2.05) is 30.5 Å². The first-order valence-corrected chi connectivity index (χ1v) is 7.76. The third-order valence-corrected chi connectivity index (χ3v) is 3.84. The maximum Gasteiger partial charge on any atom is 0.258 e. The number of rotatable bonds is 3. The molecular weight excluding hydrogens is 348 g/mol. The van der Waals surface area contributed by atoms with Gasteiger partial charge in [0.25, 0.3) is 5.91 Å². The number of hydrogen-bond donors (Lipinski definition) is 1. The van der Waals surface area contributed by atoms with E-state index < -0.39 is 0 Å². The van der Waals surface area contributed by atoms with Crippen molar-refractivity contribution in [2.45, 2.75) is 4.90 Å². The summed E-state index contributed by atoms with van der Waals surface area (Å²) < 4.78 is 0.708. The van der Waals surface area contributed by atoms with Crippen molar-refractivity contribution < 1.29 is 4.79 Å². The molecule has 0 spiro atoms. The molecule has 0 radical (unpaired) electrons. The van der Waals surface area contributed by atoms with E-state index in [1.165, 1.54) is 0 Å². The first kappa shape index (κ1) is 14.4. The summed E-state index contributed by atoms with van der Waals surface area (Å²) in [6, 6.07) is 9.25. The van der Waals surface area contributed by atoms with Crippen molar-refractivity contribution in [1.29, 1.82) is 0 Å². The van der Waals surface area contributed by atoms with Crippen molar-refractivity contribution in [2.75, 3.05) is 11.6 Å². The van der Waals surface area contributed by atoms with Gasteiger partial charge in [0.05, 0.1) is 5.56 Å². The lowest BCUT2D eigenvalue weighted by molar-refractivity contribution is 0.102. The number of benzene rings is 1. The van der Waals surface area contributed by atoms with Gasteiger partial charge in [-0.05, 0) is 46.5 Å². The average Bonchev–Trinajstić information content (AvgIpc) is 2.41. The van der Waals surface area contributed by atoms with Crippen LogP contribution in [0.25, 0.3) is 0 Å². The Morgan fingerprint density at radius 2 is 2.21 bits per heavy atom. The van der Waals surface area contributed by atoms with Crippen LogP contribution in [0.2, 0.25) is 5.15 Å². The molecule has 1 aromatic heterocycles. The van der Waals surface area contributed by atoms with Gasteiger partial charge in [-0.1, -0.05) is 17.7 Å². The van der Waals surface area contributed by atoms with E-state index in [9.17, 15) is 4.79 Å². The van der Waals surface area contributed by atoms with Crippen LogP contribution in [0, 0.1) is 0 Å². The molecule has 0 saturated carbocycles. The van der Waals surface area contributed by atoms with E-state index in [4.69, 9.17) is 11.6 Å². The van der Waals surface area contributed by atoms with Gasteiger partial charge in [-0.2, -0.15) is 0 Å². The number of nitrogens with zero attached hydrogens (tertiary/aromatic N) is 1. The zero-order valence-corrected chi connectivity index (χ0v) is 13.1. The molecule has 1 aromatic carbocycles. The van der Waals surface area contributed by atoms with Gasteiger partial charge in [0, 0.05) is 21.3 Å². The lowest BCUT2D eigenvalue weighted by atomic mass is 10.2. The largest absolute Gasteiger partial charge is 0.322 e. The molecule has 0 fully saturated rings. The molecule has 0 aliphatic heterocycles. The molecular formula is C13H10BrClN2OS. The number of anilines is 1. The summed E-state index contributed by atoms with van der Waals surface area (Å²) in [4.78, 5) is 17.1. The number of pyridine rings is 1. The lowest BCUT2D eigenvalue weighted by Crippen LogP contribution is -2.13. The second-order valence-electron chi connectivity index (χ2n) is 3.68. The first-order chi connectivity index (χ1) is 9.10. The average molecular weight is 358 g/mol. The highest BCUT2D eigenvalue weighted by atomic mass is 79.9. The lowest BCUT2D eigenvalue weighted by Gasteiger charge is -2.07. The van der Waals surface area contributed by atoms with Crippen LogP contribution < -0.4 is 5.32 Å². The fourth-order valence-corrected chi connectivity index (χ4v) is 2.46. The molecule has 2 rings (SSSR count). The molecule has 0 aliphatic rings. The highest BCUT2D eigenvalue weighted by Crippen LogP contribution is 2.22. The van der Waals surface area contributed by atoms with Crippen LogP contribution >= 0.6 is 39.3 Å².